The van der Waals surface area contributed by atoms with Gasteiger partial charge in [0.15, 0.2) is 15.7 Å². The number of nitrogens with zero attached hydrogens (tertiary/aromatic N) is 2. The fraction of sp³-hybridized carbons (Fsp3) is 0.421. The summed E-state index contributed by atoms with van der Waals surface area (Å²) in [5.41, 5.74) is 1.37. The maximum Gasteiger partial charge on any atom is 0.315 e. The summed E-state index contributed by atoms with van der Waals surface area (Å²) in [7, 11) is -3.50. The summed E-state index contributed by atoms with van der Waals surface area (Å²) < 4.78 is 29.6. The summed E-state index contributed by atoms with van der Waals surface area (Å²) in [6.07, 6.45) is 7.72. The number of aryl methyl sites for hydroxylation is 1. The summed E-state index contributed by atoms with van der Waals surface area (Å²) >= 11 is 5.78. The van der Waals surface area contributed by atoms with E-state index in [-0.39, 0.29) is 28.8 Å². The van der Waals surface area contributed by atoms with Crippen molar-refractivity contribution in [2.75, 3.05) is 12.3 Å². The van der Waals surface area contributed by atoms with Gasteiger partial charge in [-0.3, -0.25) is 4.79 Å². The van der Waals surface area contributed by atoms with Crippen molar-refractivity contribution in [3.05, 3.63) is 52.7 Å². The summed E-state index contributed by atoms with van der Waals surface area (Å²) in [6, 6.07) is 5.95. The number of carbonyl (C=O) groups excluding carboxylic acids is 1. The zero-order valence-corrected chi connectivity index (χ0v) is 16.9. The van der Waals surface area contributed by atoms with E-state index in [0.717, 1.165) is 19.3 Å². The molecule has 1 aliphatic rings. The van der Waals surface area contributed by atoms with E-state index in [1.54, 1.807) is 0 Å². The summed E-state index contributed by atoms with van der Waals surface area (Å²) in [5, 5.41) is 6.92. The summed E-state index contributed by atoms with van der Waals surface area (Å²) in [4.78, 5) is 16.3. The minimum absolute atomic E-state index is 0.0502. The third kappa shape index (κ3) is 5.65. The zero-order chi connectivity index (χ0) is 20.0. The monoisotopic (exact) mass is 423 g/mol. The second kappa shape index (κ2) is 9.34. The average Bonchev–Trinajstić information content (AvgIpc) is 3.17. The van der Waals surface area contributed by atoms with Crippen LogP contribution >= 0.6 is 11.6 Å². The molecule has 150 valence electrons. The molecule has 3 rings (SSSR count). The Kier molecular flexibility index (Phi) is 6.85. The van der Waals surface area contributed by atoms with Crippen molar-refractivity contribution in [1.29, 1.82) is 0 Å². The van der Waals surface area contributed by atoms with Crippen molar-refractivity contribution in [2.45, 2.75) is 43.4 Å². The number of halogens is 1. The van der Waals surface area contributed by atoms with Gasteiger partial charge in [-0.25, -0.2) is 8.42 Å². The van der Waals surface area contributed by atoms with Gasteiger partial charge in [-0.1, -0.05) is 28.4 Å². The van der Waals surface area contributed by atoms with Crippen LogP contribution in [0.5, 0.6) is 0 Å². The molecule has 1 aliphatic carbocycles. The second-order valence-corrected chi connectivity index (χ2v) is 9.20. The van der Waals surface area contributed by atoms with Gasteiger partial charge in [0.1, 0.15) is 0 Å². The third-order valence-corrected chi connectivity index (χ3v) is 6.53. The molecule has 1 heterocycles. The highest BCUT2D eigenvalue weighted by molar-refractivity contribution is 7.91. The topological polar surface area (TPSA) is 102 Å². The Morgan fingerprint density at radius 1 is 1.18 bits per heavy atom. The quantitative estimate of drug-likeness (QED) is 0.653. The first-order chi connectivity index (χ1) is 13.4. The van der Waals surface area contributed by atoms with Gasteiger partial charge in [0, 0.05) is 18.0 Å². The van der Waals surface area contributed by atoms with Gasteiger partial charge in [0.25, 0.3) is 0 Å². The lowest BCUT2D eigenvalue weighted by Crippen LogP contribution is -2.25. The van der Waals surface area contributed by atoms with Crippen LogP contribution in [0.1, 0.15) is 48.6 Å². The highest BCUT2D eigenvalue weighted by Gasteiger charge is 2.19. The van der Waals surface area contributed by atoms with E-state index in [1.165, 1.54) is 42.7 Å². The largest absolute Gasteiger partial charge is 0.348 e. The predicted molar refractivity (Wildman–Crippen MR) is 105 cm³/mol. The normalized spacial score (nSPS) is 14.5. The number of aromatic nitrogens is 2. The van der Waals surface area contributed by atoms with E-state index in [2.05, 4.69) is 21.5 Å². The fourth-order valence-electron chi connectivity index (χ4n) is 2.98. The van der Waals surface area contributed by atoms with E-state index in [0.29, 0.717) is 11.6 Å². The number of amides is 1. The predicted octanol–water partition coefficient (Wildman–Crippen LogP) is 3.36. The maximum atomic E-state index is 12.3. The number of nitrogens with one attached hydrogen (secondary N) is 1. The van der Waals surface area contributed by atoms with Crippen molar-refractivity contribution in [2.24, 2.45) is 0 Å². The van der Waals surface area contributed by atoms with E-state index in [9.17, 15) is 13.2 Å². The van der Waals surface area contributed by atoms with Gasteiger partial charge in [0.2, 0.25) is 0 Å². The van der Waals surface area contributed by atoms with Gasteiger partial charge < -0.3 is 9.84 Å². The maximum absolute atomic E-state index is 12.3. The van der Waals surface area contributed by atoms with Crippen LogP contribution in [0.4, 0.5) is 0 Å². The molecule has 0 radical (unpaired) electrons. The van der Waals surface area contributed by atoms with Crippen LogP contribution in [-0.4, -0.2) is 36.8 Å². The molecule has 7 nitrogen and oxygen atoms in total. The van der Waals surface area contributed by atoms with E-state index in [4.69, 9.17) is 16.1 Å². The van der Waals surface area contributed by atoms with Crippen LogP contribution in [0.3, 0.4) is 0 Å². The lowest BCUT2D eigenvalue weighted by atomic mass is 9.97. The highest BCUT2D eigenvalue weighted by Crippen LogP contribution is 2.19. The van der Waals surface area contributed by atoms with Gasteiger partial charge in [0.05, 0.1) is 10.6 Å². The number of sulfone groups is 1. The van der Waals surface area contributed by atoms with E-state index in [1.807, 2.05) is 0 Å². The molecule has 0 atom stereocenters. The lowest BCUT2D eigenvalue weighted by Gasteiger charge is -2.12. The molecule has 1 N–H and O–H groups in total. The Morgan fingerprint density at radius 3 is 2.68 bits per heavy atom. The van der Waals surface area contributed by atoms with Crippen LogP contribution < -0.4 is 5.32 Å². The molecule has 9 heteroatoms. The van der Waals surface area contributed by atoms with Crippen LogP contribution in [0.25, 0.3) is 0 Å². The number of hydrogen-bond acceptors (Lipinski definition) is 6. The molecule has 0 saturated carbocycles. The lowest BCUT2D eigenvalue weighted by molar-refractivity contribution is 0.0910. The minimum Gasteiger partial charge on any atom is -0.348 e. The highest BCUT2D eigenvalue weighted by atomic mass is 35.5. The van der Waals surface area contributed by atoms with Crippen LogP contribution in [0.2, 0.25) is 5.02 Å². The molecule has 1 aromatic carbocycles. The van der Waals surface area contributed by atoms with Crippen LogP contribution in [0, 0.1) is 0 Å². The molecule has 2 aromatic rings. The van der Waals surface area contributed by atoms with Gasteiger partial charge in [-0.15, -0.1) is 0 Å². The molecule has 0 saturated heterocycles. The standard InChI is InChI=1S/C19H22ClN3O4S/c20-15-6-8-16(9-7-15)28(25,26)13-11-17-22-19(27-23-17)18(24)21-12-10-14-4-2-1-3-5-14/h4,6-9H,1-3,5,10-13H2,(H,21,24). The first kappa shape index (κ1) is 20.5. The van der Waals surface area contributed by atoms with Gasteiger partial charge in [-0.05, 0) is 56.4 Å². The number of rotatable bonds is 8. The molecule has 1 aromatic heterocycles. The van der Waals surface area contributed by atoms with Crippen molar-refractivity contribution in [1.82, 2.24) is 15.5 Å². The van der Waals surface area contributed by atoms with Crippen molar-refractivity contribution in [3.8, 4) is 0 Å². The van der Waals surface area contributed by atoms with Crippen molar-refractivity contribution < 1.29 is 17.7 Å². The summed E-state index contributed by atoms with van der Waals surface area (Å²) in [5.74, 6) is -0.617. The second-order valence-electron chi connectivity index (χ2n) is 6.65. The summed E-state index contributed by atoms with van der Waals surface area (Å²) in [6.45, 7) is 0.507. The molecular formula is C19H22ClN3O4S. The fourth-order valence-corrected chi connectivity index (χ4v) is 4.34. The molecule has 0 bridgehead atoms. The van der Waals surface area contributed by atoms with Crippen molar-refractivity contribution in [3.63, 3.8) is 0 Å². The minimum atomic E-state index is -3.50. The Bertz CT molecular complexity index is 952. The van der Waals surface area contributed by atoms with Crippen LogP contribution in [-0.2, 0) is 16.3 Å². The van der Waals surface area contributed by atoms with E-state index < -0.39 is 15.7 Å². The Balaban J connectivity index is 1.49. The SMILES string of the molecule is O=C(NCCC1=CCCCC1)c1nc(CCS(=O)(=O)c2ccc(Cl)cc2)no1. The average molecular weight is 424 g/mol. The van der Waals surface area contributed by atoms with Crippen molar-refractivity contribution >= 4 is 27.3 Å². The molecule has 28 heavy (non-hydrogen) atoms. The van der Waals surface area contributed by atoms with Crippen LogP contribution in [0.15, 0.2) is 45.3 Å². The molecule has 0 spiro atoms. The molecule has 0 aliphatic heterocycles. The Labute approximate surface area is 169 Å². The first-order valence-electron chi connectivity index (χ1n) is 9.21. The molecule has 0 unspecified atom stereocenters. The molecule has 1 amide bonds. The number of allylic oxidation sites excluding steroid dienone is 1. The molecule has 0 fully saturated rings. The van der Waals surface area contributed by atoms with E-state index >= 15 is 0 Å². The Hall–Kier alpha value is -2.19. The Morgan fingerprint density at radius 2 is 1.96 bits per heavy atom. The zero-order valence-electron chi connectivity index (χ0n) is 15.4. The number of benzene rings is 1. The van der Waals surface area contributed by atoms with Gasteiger partial charge in [-0.2, -0.15) is 4.98 Å². The third-order valence-electron chi connectivity index (χ3n) is 4.55. The smallest absolute Gasteiger partial charge is 0.315 e. The number of hydrogen-bond donors (Lipinski definition) is 1. The first-order valence-corrected chi connectivity index (χ1v) is 11.2. The molecular weight excluding hydrogens is 402 g/mol. The van der Waals surface area contributed by atoms with Gasteiger partial charge >= 0.3 is 11.8 Å². The number of carbonyl (C=O) groups is 1.